The van der Waals surface area contributed by atoms with Crippen molar-refractivity contribution in [2.24, 2.45) is 0 Å². The van der Waals surface area contributed by atoms with Gasteiger partial charge in [-0.05, 0) is 54.8 Å². The molecule has 29 heavy (non-hydrogen) atoms. The largest absolute Gasteiger partial charge is 0.497 e. The summed E-state index contributed by atoms with van der Waals surface area (Å²) in [6.07, 6.45) is 2.32. The van der Waals surface area contributed by atoms with Gasteiger partial charge in [-0.15, -0.1) is 0 Å². The number of halogens is 1. The van der Waals surface area contributed by atoms with Crippen molar-refractivity contribution >= 4 is 15.9 Å². The van der Waals surface area contributed by atoms with Crippen molar-refractivity contribution in [3.05, 3.63) is 59.9 Å². The molecule has 0 saturated carbocycles. The van der Waals surface area contributed by atoms with E-state index in [4.69, 9.17) is 4.74 Å². The van der Waals surface area contributed by atoms with Crippen LogP contribution < -0.4 is 10.1 Å². The maximum absolute atomic E-state index is 13.2. The minimum Gasteiger partial charge on any atom is -0.497 e. The van der Waals surface area contributed by atoms with Crippen LogP contribution in [0, 0.1) is 5.82 Å². The zero-order valence-electron chi connectivity index (χ0n) is 16.3. The summed E-state index contributed by atoms with van der Waals surface area (Å²) in [6.45, 7) is 0.719. The highest BCUT2D eigenvalue weighted by atomic mass is 32.2. The molecule has 156 valence electrons. The second-order valence-corrected chi connectivity index (χ2v) is 8.94. The fraction of sp³-hybridized carbons (Fsp3) is 0.381. The number of carbonyl (C=O) groups is 1. The molecule has 1 saturated heterocycles. The van der Waals surface area contributed by atoms with E-state index in [1.165, 1.54) is 16.4 Å². The van der Waals surface area contributed by atoms with Crippen molar-refractivity contribution in [3.8, 4) is 5.75 Å². The number of hydrogen-bond acceptors (Lipinski definition) is 4. The number of nitrogens with zero attached hydrogens (tertiary/aromatic N) is 1. The summed E-state index contributed by atoms with van der Waals surface area (Å²) in [7, 11) is -2.19. The van der Waals surface area contributed by atoms with Crippen LogP contribution in [0.5, 0.6) is 5.75 Å². The molecule has 1 amide bonds. The lowest BCUT2D eigenvalue weighted by atomic mass is 10.0. The van der Waals surface area contributed by atoms with E-state index in [0.717, 1.165) is 36.3 Å². The van der Waals surface area contributed by atoms with Gasteiger partial charge in [-0.1, -0.05) is 18.6 Å². The Kier molecular flexibility index (Phi) is 6.87. The highest BCUT2D eigenvalue weighted by Crippen LogP contribution is 2.27. The molecule has 0 spiro atoms. The summed E-state index contributed by atoms with van der Waals surface area (Å²) in [5, 5.41) is 2.85. The van der Waals surface area contributed by atoms with Gasteiger partial charge in [0.05, 0.1) is 12.0 Å². The average Bonchev–Trinajstić information content (AvgIpc) is 2.73. The van der Waals surface area contributed by atoms with E-state index < -0.39 is 21.9 Å². The first-order valence-electron chi connectivity index (χ1n) is 9.57. The third kappa shape index (κ3) is 5.33. The molecule has 2 aromatic rings. The summed E-state index contributed by atoms with van der Waals surface area (Å²) in [4.78, 5) is 12.5. The van der Waals surface area contributed by atoms with Crippen molar-refractivity contribution < 1.29 is 22.3 Å². The van der Waals surface area contributed by atoms with Crippen LogP contribution in [0.1, 0.15) is 31.2 Å². The van der Waals surface area contributed by atoms with Gasteiger partial charge in [-0.2, -0.15) is 4.31 Å². The lowest BCUT2D eigenvalue weighted by molar-refractivity contribution is -0.122. The molecule has 0 bridgehead atoms. The zero-order valence-corrected chi connectivity index (χ0v) is 17.1. The van der Waals surface area contributed by atoms with Crippen LogP contribution in [0.15, 0.2) is 53.4 Å². The van der Waals surface area contributed by atoms with Crippen LogP contribution in [-0.4, -0.2) is 38.3 Å². The fourth-order valence-electron chi connectivity index (χ4n) is 3.47. The van der Waals surface area contributed by atoms with E-state index >= 15 is 0 Å². The number of nitrogens with one attached hydrogen (secondary N) is 1. The average molecular weight is 421 g/mol. The summed E-state index contributed by atoms with van der Waals surface area (Å²) in [5.41, 5.74) is 0.929. The lowest BCUT2D eigenvalue weighted by Crippen LogP contribution is -2.45. The summed E-state index contributed by atoms with van der Waals surface area (Å²) in [5.74, 6) is 0.0491. The minimum atomic E-state index is -3.78. The third-order valence-corrected chi connectivity index (χ3v) is 7.03. The van der Waals surface area contributed by atoms with E-state index in [1.54, 1.807) is 7.11 Å². The number of benzene rings is 2. The summed E-state index contributed by atoms with van der Waals surface area (Å²) < 4.78 is 45.6. The van der Waals surface area contributed by atoms with Crippen molar-refractivity contribution in [3.63, 3.8) is 0 Å². The van der Waals surface area contributed by atoms with Gasteiger partial charge in [0.25, 0.3) is 0 Å². The first-order chi connectivity index (χ1) is 13.9. The van der Waals surface area contributed by atoms with Gasteiger partial charge in [-0.25, -0.2) is 12.8 Å². The molecular formula is C21H25FN2O4S. The molecule has 2 aromatic carbocycles. The zero-order chi connectivity index (χ0) is 20.9. The van der Waals surface area contributed by atoms with E-state index in [2.05, 4.69) is 5.32 Å². The van der Waals surface area contributed by atoms with Gasteiger partial charge in [0.1, 0.15) is 11.6 Å². The Labute approximate surface area is 170 Å². The van der Waals surface area contributed by atoms with E-state index in [-0.39, 0.29) is 17.2 Å². The molecule has 1 atom stereocenters. The predicted octanol–water partition coefficient (Wildman–Crippen LogP) is 3.08. The molecular weight excluding hydrogens is 395 g/mol. The normalized spacial score (nSPS) is 17.7. The summed E-state index contributed by atoms with van der Waals surface area (Å²) in [6, 6.07) is 11.8. The molecule has 3 rings (SSSR count). The first-order valence-corrected chi connectivity index (χ1v) is 11.0. The molecule has 1 heterocycles. The maximum atomic E-state index is 13.2. The smallest absolute Gasteiger partial charge is 0.243 e. The van der Waals surface area contributed by atoms with Crippen LogP contribution >= 0.6 is 0 Å². The second kappa shape index (κ2) is 9.37. The molecule has 6 nitrogen and oxygen atoms in total. The molecule has 0 aliphatic carbocycles. The van der Waals surface area contributed by atoms with Gasteiger partial charge in [0.15, 0.2) is 0 Å². The van der Waals surface area contributed by atoms with Crippen molar-refractivity contribution in [1.29, 1.82) is 0 Å². The number of ether oxygens (including phenoxy) is 1. The number of hydrogen-bond donors (Lipinski definition) is 1. The van der Waals surface area contributed by atoms with E-state index in [9.17, 15) is 17.6 Å². The Bertz CT molecular complexity index is 930. The SMILES string of the molecule is COc1ccc(CNC(=O)C[C@H]2CCCCN2S(=O)(=O)c2ccc(F)cc2)cc1. The Morgan fingerprint density at radius 2 is 1.83 bits per heavy atom. The number of sulfonamides is 1. The summed E-state index contributed by atoms with van der Waals surface area (Å²) >= 11 is 0. The van der Waals surface area contributed by atoms with Gasteiger partial charge in [-0.3, -0.25) is 4.79 Å². The molecule has 0 radical (unpaired) electrons. The standard InChI is InChI=1S/C21H25FN2O4S/c1-28-19-9-5-16(6-10-19)15-23-21(25)14-18-4-2-3-13-24(18)29(26,27)20-11-7-17(22)8-12-20/h5-12,18H,2-4,13-15H2,1H3,(H,23,25)/t18-/m1/s1. The quantitative estimate of drug-likeness (QED) is 0.747. The number of methoxy groups -OCH3 is 1. The van der Waals surface area contributed by atoms with Crippen molar-refractivity contribution in [2.75, 3.05) is 13.7 Å². The fourth-order valence-corrected chi connectivity index (χ4v) is 5.16. The predicted molar refractivity (Wildman–Crippen MR) is 107 cm³/mol. The number of amides is 1. The van der Waals surface area contributed by atoms with Gasteiger partial charge in [0.2, 0.25) is 15.9 Å². The highest BCUT2D eigenvalue weighted by Gasteiger charge is 2.34. The van der Waals surface area contributed by atoms with Crippen molar-refractivity contribution in [1.82, 2.24) is 9.62 Å². The van der Waals surface area contributed by atoms with Crippen LogP contribution in [-0.2, 0) is 21.4 Å². The first kappa shape index (κ1) is 21.3. The monoisotopic (exact) mass is 420 g/mol. The Hall–Kier alpha value is -2.45. The number of rotatable bonds is 7. The highest BCUT2D eigenvalue weighted by molar-refractivity contribution is 7.89. The maximum Gasteiger partial charge on any atom is 0.243 e. The van der Waals surface area contributed by atoms with Crippen LogP contribution in [0.2, 0.25) is 0 Å². The lowest BCUT2D eigenvalue weighted by Gasteiger charge is -2.34. The molecule has 1 N–H and O–H groups in total. The van der Waals surface area contributed by atoms with Gasteiger partial charge < -0.3 is 10.1 Å². The second-order valence-electron chi connectivity index (χ2n) is 7.05. The molecule has 1 aliphatic rings. The van der Waals surface area contributed by atoms with Crippen LogP contribution in [0.25, 0.3) is 0 Å². The number of carbonyl (C=O) groups excluding carboxylic acids is 1. The topological polar surface area (TPSA) is 75.7 Å². The third-order valence-electron chi connectivity index (χ3n) is 5.06. The van der Waals surface area contributed by atoms with E-state index in [0.29, 0.717) is 19.5 Å². The Morgan fingerprint density at radius 1 is 1.14 bits per heavy atom. The molecule has 0 unspecified atom stereocenters. The molecule has 0 aromatic heterocycles. The molecule has 8 heteroatoms. The number of piperidine rings is 1. The molecule has 1 aliphatic heterocycles. The van der Waals surface area contributed by atoms with Gasteiger partial charge >= 0.3 is 0 Å². The van der Waals surface area contributed by atoms with Crippen LogP contribution in [0.3, 0.4) is 0 Å². The van der Waals surface area contributed by atoms with Crippen molar-refractivity contribution in [2.45, 2.75) is 43.2 Å². The Balaban J connectivity index is 1.64. The minimum absolute atomic E-state index is 0.0458. The Morgan fingerprint density at radius 3 is 2.48 bits per heavy atom. The van der Waals surface area contributed by atoms with Gasteiger partial charge in [0, 0.05) is 25.6 Å². The van der Waals surface area contributed by atoms with Crippen LogP contribution in [0.4, 0.5) is 4.39 Å². The van der Waals surface area contributed by atoms with E-state index in [1.807, 2.05) is 24.3 Å². The molecule has 1 fully saturated rings.